The maximum Gasteiger partial charge on any atom is 0.0727 e. The van der Waals surface area contributed by atoms with E-state index in [0.29, 0.717) is 5.02 Å². The highest BCUT2D eigenvalue weighted by molar-refractivity contribution is 7.98. The Kier molecular flexibility index (Phi) is 2.45. The van der Waals surface area contributed by atoms with Gasteiger partial charge in [-0.3, -0.25) is 4.98 Å². The first kappa shape index (κ1) is 10.2. The summed E-state index contributed by atoms with van der Waals surface area (Å²) in [4.78, 5) is 4.66. The minimum Gasteiger partial charge on any atom is -0.398 e. The number of nitrogen functional groups attached to an aromatic ring is 1. The maximum atomic E-state index is 6.20. The van der Waals surface area contributed by atoms with E-state index in [1.165, 1.54) is 5.56 Å². The van der Waals surface area contributed by atoms with E-state index in [1.807, 2.05) is 30.0 Å². The number of fused-ring (bicyclic) bond motifs is 2. The molecule has 1 aromatic heterocycles. The van der Waals surface area contributed by atoms with Crippen LogP contribution in [-0.4, -0.2) is 10.7 Å². The van der Waals surface area contributed by atoms with Crippen molar-refractivity contribution in [3.63, 3.8) is 0 Å². The van der Waals surface area contributed by atoms with Gasteiger partial charge in [-0.1, -0.05) is 11.6 Å². The molecule has 0 saturated carbocycles. The first-order chi connectivity index (χ1) is 7.75. The second-order valence-electron chi connectivity index (χ2n) is 3.91. The Bertz CT molecular complexity index is 568. The van der Waals surface area contributed by atoms with Crippen molar-refractivity contribution >= 4 is 40.0 Å². The zero-order valence-corrected chi connectivity index (χ0v) is 10.2. The molecule has 0 amide bonds. The van der Waals surface area contributed by atoms with Gasteiger partial charge < -0.3 is 5.73 Å². The molecule has 2 nitrogen and oxygen atoms in total. The van der Waals surface area contributed by atoms with Gasteiger partial charge in [-0.15, -0.1) is 0 Å². The van der Waals surface area contributed by atoms with Crippen molar-refractivity contribution in [1.82, 2.24) is 4.98 Å². The summed E-state index contributed by atoms with van der Waals surface area (Å²) in [6.07, 6.45) is 1.02. The summed E-state index contributed by atoms with van der Waals surface area (Å²) in [5.74, 6) is 2.10. The predicted octanol–water partition coefficient (Wildman–Crippen LogP) is 3.26. The number of halogens is 1. The van der Waals surface area contributed by atoms with Crippen LogP contribution in [0, 0.1) is 0 Å². The van der Waals surface area contributed by atoms with E-state index < -0.39 is 0 Å². The molecule has 0 aliphatic carbocycles. The highest BCUT2D eigenvalue weighted by atomic mass is 35.5. The van der Waals surface area contributed by atoms with Gasteiger partial charge in [0.15, 0.2) is 0 Å². The SMILES string of the molecule is Nc1c2c(nc3ccc(Cl)cc13)CSCC2. The highest BCUT2D eigenvalue weighted by Gasteiger charge is 2.16. The predicted molar refractivity (Wildman–Crippen MR) is 71.0 cm³/mol. The summed E-state index contributed by atoms with van der Waals surface area (Å²) in [5, 5.41) is 1.70. The van der Waals surface area contributed by atoms with Gasteiger partial charge in [0.2, 0.25) is 0 Å². The average molecular weight is 251 g/mol. The third kappa shape index (κ3) is 1.55. The van der Waals surface area contributed by atoms with E-state index in [4.69, 9.17) is 17.3 Å². The number of nitrogens with two attached hydrogens (primary N) is 1. The summed E-state index contributed by atoms with van der Waals surface area (Å²) in [6.45, 7) is 0. The molecular weight excluding hydrogens is 240 g/mol. The van der Waals surface area contributed by atoms with Crippen molar-refractivity contribution in [1.29, 1.82) is 0 Å². The highest BCUT2D eigenvalue weighted by Crippen LogP contribution is 2.33. The molecule has 1 aromatic carbocycles. The van der Waals surface area contributed by atoms with E-state index in [-0.39, 0.29) is 0 Å². The average Bonchev–Trinajstić information content (AvgIpc) is 2.31. The van der Waals surface area contributed by atoms with Gasteiger partial charge in [-0.05, 0) is 35.9 Å². The normalized spacial score (nSPS) is 15.1. The second-order valence-corrected chi connectivity index (χ2v) is 5.46. The standard InChI is InChI=1S/C12H11ClN2S/c13-7-1-2-10-9(5-7)12(14)8-3-4-16-6-11(8)15-10/h1-2,5H,3-4,6H2,(H2,14,15). The Labute approximate surface area is 103 Å². The van der Waals surface area contributed by atoms with E-state index in [9.17, 15) is 0 Å². The molecule has 1 aliphatic heterocycles. The van der Waals surface area contributed by atoms with Gasteiger partial charge >= 0.3 is 0 Å². The molecule has 0 radical (unpaired) electrons. The molecule has 0 atom stereocenters. The summed E-state index contributed by atoms with van der Waals surface area (Å²) in [7, 11) is 0. The first-order valence-electron chi connectivity index (χ1n) is 5.20. The maximum absolute atomic E-state index is 6.20. The lowest BCUT2D eigenvalue weighted by molar-refractivity contribution is 1.04. The number of aromatic nitrogens is 1. The molecule has 0 unspecified atom stereocenters. The largest absolute Gasteiger partial charge is 0.398 e. The fourth-order valence-electron chi connectivity index (χ4n) is 2.09. The molecule has 0 fully saturated rings. The summed E-state index contributed by atoms with van der Waals surface area (Å²) < 4.78 is 0. The summed E-state index contributed by atoms with van der Waals surface area (Å²) >= 11 is 7.90. The topological polar surface area (TPSA) is 38.9 Å². The van der Waals surface area contributed by atoms with Crippen LogP contribution >= 0.6 is 23.4 Å². The van der Waals surface area contributed by atoms with Crippen molar-refractivity contribution in [2.75, 3.05) is 11.5 Å². The molecule has 0 saturated heterocycles. The van der Waals surface area contributed by atoms with Crippen molar-refractivity contribution in [3.8, 4) is 0 Å². The second kappa shape index (κ2) is 3.82. The number of thioether (sulfide) groups is 1. The lowest BCUT2D eigenvalue weighted by Gasteiger charge is -2.18. The van der Waals surface area contributed by atoms with Crippen LogP contribution in [0.5, 0.6) is 0 Å². The number of hydrogen-bond acceptors (Lipinski definition) is 3. The fourth-order valence-corrected chi connectivity index (χ4v) is 3.19. The zero-order valence-electron chi connectivity index (χ0n) is 8.66. The van der Waals surface area contributed by atoms with Crippen LogP contribution in [0.1, 0.15) is 11.3 Å². The lowest BCUT2D eigenvalue weighted by atomic mass is 10.0. The molecule has 0 bridgehead atoms. The Morgan fingerprint density at radius 1 is 1.38 bits per heavy atom. The third-order valence-corrected chi connectivity index (χ3v) is 4.12. The van der Waals surface area contributed by atoms with Crippen molar-refractivity contribution in [2.45, 2.75) is 12.2 Å². The monoisotopic (exact) mass is 250 g/mol. The number of benzene rings is 1. The minimum atomic E-state index is 0.714. The minimum absolute atomic E-state index is 0.714. The van der Waals surface area contributed by atoms with Gasteiger partial charge in [-0.2, -0.15) is 11.8 Å². The van der Waals surface area contributed by atoms with Crippen molar-refractivity contribution in [2.24, 2.45) is 0 Å². The van der Waals surface area contributed by atoms with Crippen LogP contribution in [0.25, 0.3) is 10.9 Å². The number of rotatable bonds is 0. The number of hydrogen-bond donors (Lipinski definition) is 1. The van der Waals surface area contributed by atoms with Crippen LogP contribution in [0.3, 0.4) is 0 Å². The van der Waals surface area contributed by atoms with Crippen LogP contribution in [0.2, 0.25) is 5.02 Å². The first-order valence-corrected chi connectivity index (χ1v) is 6.73. The van der Waals surface area contributed by atoms with E-state index in [2.05, 4.69) is 4.98 Å². The molecule has 16 heavy (non-hydrogen) atoms. The van der Waals surface area contributed by atoms with E-state index in [1.54, 1.807) is 0 Å². The molecule has 2 heterocycles. The van der Waals surface area contributed by atoms with Crippen LogP contribution in [0.15, 0.2) is 18.2 Å². The third-order valence-electron chi connectivity index (χ3n) is 2.91. The Balaban J connectivity index is 2.35. The van der Waals surface area contributed by atoms with E-state index in [0.717, 1.165) is 40.2 Å². The number of nitrogens with zero attached hydrogens (tertiary/aromatic N) is 1. The molecule has 0 spiro atoms. The lowest BCUT2D eigenvalue weighted by Crippen LogP contribution is -2.09. The molecule has 3 rings (SSSR count). The van der Waals surface area contributed by atoms with Crippen LogP contribution < -0.4 is 5.73 Å². The molecule has 82 valence electrons. The number of anilines is 1. The molecule has 4 heteroatoms. The summed E-state index contributed by atoms with van der Waals surface area (Å²) in [5.41, 5.74) is 10.4. The fraction of sp³-hybridized carbons (Fsp3) is 0.250. The van der Waals surface area contributed by atoms with Gasteiger partial charge in [0.05, 0.1) is 11.2 Å². The Hall–Kier alpha value is -0.930. The van der Waals surface area contributed by atoms with Gasteiger partial charge in [0.25, 0.3) is 0 Å². The summed E-state index contributed by atoms with van der Waals surface area (Å²) in [6, 6.07) is 5.70. The quantitative estimate of drug-likeness (QED) is 0.780. The zero-order chi connectivity index (χ0) is 11.1. The molecule has 2 aromatic rings. The molecule has 2 N–H and O–H groups in total. The Morgan fingerprint density at radius 2 is 2.25 bits per heavy atom. The van der Waals surface area contributed by atoms with Gasteiger partial charge in [0.1, 0.15) is 0 Å². The van der Waals surface area contributed by atoms with Crippen LogP contribution in [-0.2, 0) is 12.2 Å². The van der Waals surface area contributed by atoms with Crippen molar-refractivity contribution < 1.29 is 0 Å². The molecule has 1 aliphatic rings. The number of pyridine rings is 1. The Morgan fingerprint density at radius 3 is 3.12 bits per heavy atom. The van der Waals surface area contributed by atoms with Gasteiger partial charge in [-0.25, -0.2) is 0 Å². The van der Waals surface area contributed by atoms with Crippen LogP contribution in [0.4, 0.5) is 5.69 Å². The van der Waals surface area contributed by atoms with Gasteiger partial charge in [0, 0.05) is 21.8 Å². The van der Waals surface area contributed by atoms with E-state index >= 15 is 0 Å². The van der Waals surface area contributed by atoms with Crippen molar-refractivity contribution in [3.05, 3.63) is 34.5 Å². The smallest absolute Gasteiger partial charge is 0.0727 e. The molecular formula is C12H11ClN2S.